The lowest BCUT2D eigenvalue weighted by Gasteiger charge is -2.39. The van der Waals surface area contributed by atoms with Crippen LogP contribution in [0.15, 0.2) is 12.1 Å². The second-order valence-corrected chi connectivity index (χ2v) is 7.34. The van der Waals surface area contributed by atoms with Crippen LogP contribution in [0.1, 0.15) is 44.2 Å². The molecule has 3 heteroatoms. The van der Waals surface area contributed by atoms with Crippen molar-refractivity contribution in [1.82, 2.24) is 0 Å². The van der Waals surface area contributed by atoms with Gasteiger partial charge in [0.2, 0.25) is 0 Å². The maximum absolute atomic E-state index is 11.0. The van der Waals surface area contributed by atoms with E-state index in [1.165, 1.54) is 12.0 Å². The van der Waals surface area contributed by atoms with Crippen molar-refractivity contribution < 1.29 is 9.84 Å². The minimum absolute atomic E-state index is 0.580. The van der Waals surface area contributed by atoms with Gasteiger partial charge in [0.25, 0.3) is 0 Å². The number of rotatable bonds is 2. The third kappa shape index (κ3) is 2.82. The summed E-state index contributed by atoms with van der Waals surface area (Å²) in [5, 5.41) is 11.7. The molecule has 1 heterocycles. The highest BCUT2D eigenvalue weighted by atomic mass is 35.5. The van der Waals surface area contributed by atoms with Crippen LogP contribution < -0.4 is 4.74 Å². The molecule has 0 radical (unpaired) electrons. The summed E-state index contributed by atoms with van der Waals surface area (Å²) in [5.74, 6) is 2.13. The molecular formula is C17H23ClO2. The van der Waals surface area contributed by atoms with E-state index in [0.717, 1.165) is 42.2 Å². The van der Waals surface area contributed by atoms with E-state index in [-0.39, 0.29) is 0 Å². The molecule has 1 aromatic rings. The molecule has 2 nitrogen and oxygen atoms in total. The summed E-state index contributed by atoms with van der Waals surface area (Å²) < 4.78 is 5.76. The first-order chi connectivity index (χ1) is 9.45. The smallest absolute Gasteiger partial charge is 0.126 e. The van der Waals surface area contributed by atoms with Crippen LogP contribution in [0.4, 0.5) is 0 Å². The van der Waals surface area contributed by atoms with Crippen LogP contribution in [0.2, 0.25) is 5.02 Å². The lowest BCUT2D eigenvalue weighted by Crippen LogP contribution is -2.39. The zero-order valence-electron chi connectivity index (χ0n) is 12.3. The molecule has 0 aromatic heterocycles. The molecule has 0 saturated heterocycles. The van der Waals surface area contributed by atoms with Crippen molar-refractivity contribution >= 4 is 11.6 Å². The molecule has 0 amide bonds. The molecular weight excluding hydrogens is 272 g/mol. The lowest BCUT2D eigenvalue weighted by molar-refractivity contribution is -0.0308. The van der Waals surface area contributed by atoms with Gasteiger partial charge in [-0.2, -0.15) is 0 Å². The van der Waals surface area contributed by atoms with Gasteiger partial charge < -0.3 is 9.84 Å². The molecule has 0 bridgehead atoms. The minimum Gasteiger partial charge on any atom is -0.493 e. The summed E-state index contributed by atoms with van der Waals surface area (Å²) in [6, 6.07) is 3.96. The van der Waals surface area contributed by atoms with E-state index in [0.29, 0.717) is 18.3 Å². The van der Waals surface area contributed by atoms with Gasteiger partial charge in [0, 0.05) is 17.9 Å². The number of aliphatic hydroxyl groups is 1. The predicted octanol–water partition coefficient (Wildman–Crippen LogP) is 4.00. The van der Waals surface area contributed by atoms with Gasteiger partial charge in [0.1, 0.15) is 5.75 Å². The van der Waals surface area contributed by atoms with E-state index in [1.807, 2.05) is 12.1 Å². The normalized spacial score (nSPS) is 32.8. The van der Waals surface area contributed by atoms with Crippen molar-refractivity contribution in [3.63, 3.8) is 0 Å². The Hall–Kier alpha value is -0.730. The summed E-state index contributed by atoms with van der Waals surface area (Å²) in [6.45, 7) is 5.20. The fraction of sp³-hybridized carbons (Fsp3) is 0.647. The molecule has 2 aliphatic rings. The first-order valence-electron chi connectivity index (χ1n) is 7.62. The molecule has 20 heavy (non-hydrogen) atoms. The maximum atomic E-state index is 11.0. The number of hydrogen-bond donors (Lipinski definition) is 1. The highest BCUT2D eigenvalue weighted by Crippen LogP contribution is 2.41. The third-order valence-electron chi connectivity index (χ3n) is 4.61. The van der Waals surface area contributed by atoms with Crippen LogP contribution in [0, 0.1) is 11.8 Å². The molecule has 1 aromatic carbocycles. The summed E-state index contributed by atoms with van der Waals surface area (Å²) >= 11 is 6.21. The summed E-state index contributed by atoms with van der Waals surface area (Å²) in [6.07, 6.45) is 4.54. The number of halogens is 1. The molecule has 2 unspecified atom stereocenters. The monoisotopic (exact) mass is 294 g/mol. The van der Waals surface area contributed by atoms with Gasteiger partial charge in [-0.05, 0) is 54.4 Å². The van der Waals surface area contributed by atoms with Crippen LogP contribution in [-0.2, 0) is 12.8 Å². The van der Waals surface area contributed by atoms with E-state index in [9.17, 15) is 5.11 Å². The third-order valence-corrected chi connectivity index (χ3v) is 4.82. The first-order valence-corrected chi connectivity index (χ1v) is 7.99. The van der Waals surface area contributed by atoms with Gasteiger partial charge in [0.15, 0.2) is 0 Å². The predicted molar refractivity (Wildman–Crippen MR) is 81.5 cm³/mol. The molecule has 3 rings (SSSR count). The SMILES string of the molecule is CC1CC(C)CC(O)(Cc2cc(Cl)cc3c2OCC3)C1. The average Bonchev–Trinajstić information content (AvgIpc) is 2.73. The molecule has 1 aliphatic heterocycles. The fourth-order valence-corrected chi connectivity index (χ4v) is 4.47. The van der Waals surface area contributed by atoms with E-state index >= 15 is 0 Å². The van der Waals surface area contributed by atoms with Gasteiger partial charge in [-0.25, -0.2) is 0 Å². The standard InChI is InChI=1S/C17H23ClO2/c1-11-5-12(2)9-17(19,8-11)10-14-7-15(18)6-13-3-4-20-16(13)14/h6-7,11-12,19H,3-5,8-10H2,1-2H3. The second-order valence-electron chi connectivity index (χ2n) is 6.91. The van der Waals surface area contributed by atoms with Crippen molar-refractivity contribution in [3.8, 4) is 5.75 Å². The Morgan fingerprint density at radius 2 is 2.00 bits per heavy atom. The number of hydrogen-bond acceptors (Lipinski definition) is 2. The molecule has 1 aliphatic carbocycles. The quantitative estimate of drug-likeness (QED) is 0.893. The van der Waals surface area contributed by atoms with E-state index in [1.54, 1.807) is 0 Å². The zero-order valence-corrected chi connectivity index (χ0v) is 13.0. The maximum Gasteiger partial charge on any atom is 0.126 e. The van der Waals surface area contributed by atoms with E-state index in [2.05, 4.69) is 13.8 Å². The van der Waals surface area contributed by atoms with Crippen LogP contribution in [0.3, 0.4) is 0 Å². The van der Waals surface area contributed by atoms with Crippen molar-refractivity contribution in [2.24, 2.45) is 11.8 Å². The highest BCUT2D eigenvalue weighted by Gasteiger charge is 2.37. The van der Waals surface area contributed by atoms with Crippen molar-refractivity contribution in [2.45, 2.75) is 51.6 Å². The summed E-state index contributed by atoms with van der Waals surface area (Å²) in [4.78, 5) is 0. The van der Waals surface area contributed by atoms with Gasteiger partial charge in [-0.1, -0.05) is 25.4 Å². The lowest BCUT2D eigenvalue weighted by atomic mass is 9.71. The minimum atomic E-state index is -0.610. The van der Waals surface area contributed by atoms with E-state index < -0.39 is 5.60 Å². The Morgan fingerprint density at radius 3 is 2.70 bits per heavy atom. The molecule has 1 N–H and O–H groups in total. The Kier molecular flexibility index (Phi) is 3.72. The Balaban J connectivity index is 1.87. The Bertz CT molecular complexity index is 502. The number of ether oxygens (including phenoxy) is 1. The largest absolute Gasteiger partial charge is 0.493 e. The Labute approximate surface area is 126 Å². The molecule has 0 spiro atoms. The molecule has 1 fully saturated rings. The van der Waals surface area contributed by atoms with Crippen molar-refractivity contribution in [3.05, 3.63) is 28.3 Å². The van der Waals surface area contributed by atoms with Crippen LogP contribution in [-0.4, -0.2) is 17.3 Å². The van der Waals surface area contributed by atoms with E-state index in [4.69, 9.17) is 16.3 Å². The molecule has 110 valence electrons. The van der Waals surface area contributed by atoms with Gasteiger partial charge >= 0.3 is 0 Å². The number of benzene rings is 1. The van der Waals surface area contributed by atoms with Crippen LogP contribution in [0.25, 0.3) is 0 Å². The van der Waals surface area contributed by atoms with Crippen molar-refractivity contribution in [2.75, 3.05) is 6.61 Å². The molecule has 2 atom stereocenters. The summed E-state index contributed by atoms with van der Waals surface area (Å²) in [5.41, 5.74) is 1.66. The van der Waals surface area contributed by atoms with Crippen LogP contribution in [0.5, 0.6) is 5.75 Å². The fourth-order valence-electron chi connectivity index (χ4n) is 4.21. The van der Waals surface area contributed by atoms with Crippen LogP contribution >= 0.6 is 11.6 Å². The van der Waals surface area contributed by atoms with Gasteiger partial charge in [-0.3, -0.25) is 0 Å². The second kappa shape index (κ2) is 5.23. The summed E-state index contributed by atoms with van der Waals surface area (Å²) in [7, 11) is 0. The van der Waals surface area contributed by atoms with Gasteiger partial charge in [0.05, 0.1) is 12.2 Å². The topological polar surface area (TPSA) is 29.5 Å². The Morgan fingerprint density at radius 1 is 1.30 bits per heavy atom. The molecule has 1 saturated carbocycles. The zero-order chi connectivity index (χ0) is 14.3. The van der Waals surface area contributed by atoms with Crippen molar-refractivity contribution in [1.29, 1.82) is 0 Å². The number of fused-ring (bicyclic) bond motifs is 1. The average molecular weight is 295 g/mol. The highest BCUT2D eigenvalue weighted by molar-refractivity contribution is 6.30. The van der Waals surface area contributed by atoms with Gasteiger partial charge in [-0.15, -0.1) is 0 Å². The first kappa shape index (κ1) is 14.2.